The highest BCUT2D eigenvalue weighted by atomic mass is 16.3. The first-order valence-electron chi connectivity index (χ1n) is 17.9. The van der Waals surface area contributed by atoms with Gasteiger partial charge in [-0.2, -0.15) is 0 Å². The van der Waals surface area contributed by atoms with Crippen LogP contribution in [0.4, 0.5) is 0 Å². The highest BCUT2D eigenvalue weighted by molar-refractivity contribution is 6.06. The molecule has 0 bridgehead atoms. The number of benzene rings is 7. The molecule has 0 fully saturated rings. The number of rotatable bonds is 8. The smallest absolute Gasteiger partial charge is 0.135 e. The maximum absolute atomic E-state index is 6.11. The molecule has 1 aromatic heterocycles. The number of furan rings is 1. The maximum Gasteiger partial charge on any atom is 0.135 e. The molecule has 1 heterocycles. The summed E-state index contributed by atoms with van der Waals surface area (Å²) in [6.45, 7) is 4.80. The Balaban J connectivity index is 1.02. The van der Waals surface area contributed by atoms with Crippen LogP contribution in [-0.4, -0.2) is 0 Å². The second-order valence-corrected chi connectivity index (χ2v) is 14.5. The zero-order valence-corrected chi connectivity index (χ0v) is 28.7. The van der Waals surface area contributed by atoms with E-state index >= 15 is 0 Å². The minimum Gasteiger partial charge on any atom is -0.456 e. The fourth-order valence-corrected chi connectivity index (χ4v) is 8.26. The van der Waals surface area contributed by atoms with E-state index in [4.69, 9.17) is 4.42 Å². The van der Waals surface area contributed by atoms with Crippen molar-refractivity contribution in [1.29, 1.82) is 0 Å². The molecule has 1 nitrogen and oxygen atoms in total. The Hall–Kier alpha value is -5.66. The third kappa shape index (κ3) is 5.44. The SMILES string of the molecule is CC1(C)c2cc(-c3ccccc3)ccc2-c2ccc(C(CCc3cccc(-c4ccc5oc6ccccc6c5c4)c3)Cc3ccccc3)cc21. The van der Waals surface area contributed by atoms with Gasteiger partial charge in [0, 0.05) is 16.2 Å². The van der Waals surface area contributed by atoms with Crippen LogP contribution in [0.15, 0.2) is 168 Å². The Morgan fingerprint density at radius 1 is 0.480 bits per heavy atom. The van der Waals surface area contributed by atoms with Crippen molar-refractivity contribution >= 4 is 21.9 Å². The number of hydrogen-bond donors (Lipinski definition) is 0. The van der Waals surface area contributed by atoms with E-state index in [-0.39, 0.29) is 5.41 Å². The van der Waals surface area contributed by atoms with Crippen molar-refractivity contribution in [2.75, 3.05) is 0 Å². The minimum atomic E-state index is -0.0709. The highest BCUT2D eigenvalue weighted by Gasteiger charge is 2.36. The first-order valence-corrected chi connectivity index (χ1v) is 17.9. The monoisotopic (exact) mass is 644 g/mol. The van der Waals surface area contributed by atoms with Gasteiger partial charge in [0.25, 0.3) is 0 Å². The van der Waals surface area contributed by atoms with Gasteiger partial charge in [0.15, 0.2) is 0 Å². The second-order valence-electron chi connectivity index (χ2n) is 14.5. The van der Waals surface area contributed by atoms with Crippen molar-refractivity contribution in [3.05, 3.63) is 192 Å². The summed E-state index contributed by atoms with van der Waals surface area (Å²) in [5.74, 6) is 0.402. The van der Waals surface area contributed by atoms with Crippen LogP contribution in [0.1, 0.15) is 54.0 Å². The summed E-state index contributed by atoms with van der Waals surface area (Å²) in [4.78, 5) is 0. The van der Waals surface area contributed by atoms with Crippen LogP contribution >= 0.6 is 0 Å². The molecule has 1 heteroatoms. The third-order valence-corrected chi connectivity index (χ3v) is 11.0. The molecule has 0 saturated heterocycles. The predicted molar refractivity (Wildman–Crippen MR) is 210 cm³/mol. The zero-order chi connectivity index (χ0) is 33.7. The average molecular weight is 645 g/mol. The standard InChI is InChI=1S/C49H40O/c1-49(2)45-31-39(35-15-7-4-8-16-35)22-25-41(45)42-26-23-40(32-46(42)49)37(28-33-12-5-3-6-13-33)21-20-34-14-11-17-36(29-34)38-24-27-48-44(30-38)43-18-9-10-19-47(43)50-48/h3-19,22-27,29-32,37H,20-21,28H2,1-2H3. The van der Waals surface area contributed by atoms with E-state index in [0.717, 1.165) is 30.4 Å². The van der Waals surface area contributed by atoms with Gasteiger partial charge in [0.05, 0.1) is 0 Å². The van der Waals surface area contributed by atoms with Crippen molar-refractivity contribution in [3.63, 3.8) is 0 Å². The summed E-state index contributed by atoms with van der Waals surface area (Å²) in [6.07, 6.45) is 3.12. The molecular formula is C49H40O. The molecule has 1 atom stereocenters. The largest absolute Gasteiger partial charge is 0.456 e. The molecule has 9 rings (SSSR count). The van der Waals surface area contributed by atoms with Gasteiger partial charge in [-0.05, 0) is 111 Å². The van der Waals surface area contributed by atoms with Crippen molar-refractivity contribution < 1.29 is 4.42 Å². The van der Waals surface area contributed by atoms with E-state index < -0.39 is 0 Å². The molecule has 0 radical (unpaired) electrons. The first kappa shape index (κ1) is 30.4. The van der Waals surface area contributed by atoms with Gasteiger partial charge in [0.2, 0.25) is 0 Å². The Morgan fingerprint density at radius 3 is 1.94 bits per heavy atom. The lowest BCUT2D eigenvalue weighted by atomic mass is 9.79. The van der Waals surface area contributed by atoms with Crippen LogP contribution in [0.25, 0.3) is 55.3 Å². The number of hydrogen-bond acceptors (Lipinski definition) is 1. The number of fused-ring (bicyclic) bond motifs is 6. The fraction of sp³-hybridized carbons (Fsp3) is 0.143. The summed E-state index contributed by atoms with van der Waals surface area (Å²) in [5, 5.41) is 2.34. The lowest BCUT2D eigenvalue weighted by Gasteiger charge is -2.24. The van der Waals surface area contributed by atoms with E-state index in [2.05, 4.69) is 166 Å². The molecule has 0 amide bonds. The van der Waals surface area contributed by atoms with Crippen LogP contribution in [0.2, 0.25) is 0 Å². The molecule has 242 valence electrons. The topological polar surface area (TPSA) is 13.1 Å². The Bertz CT molecular complexity index is 2480. The van der Waals surface area contributed by atoms with Crippen LogP contribution in [0, 0.1) is 0 Å². The maximum atomic E-state index is 6.11. The molecule has 0 saturated carbocycles. The van der Waals surface area contributed by atoms with Gasteiger partial charge in [-0.25, -0.2) is 0 Å². The quantitative estimate of drug-likeness (QED) is 0.160. The molecule has 50 heavy (non-hydrogen) atoms. The van der Waals surface area contributed by atoms with Crippen molar-refractivity contribution in [2.24, 2.45) is 0 Å². The summed E-state index contributed by atoms with van der Waals surface area (Å²) < 4.78 is 6.11. The summed E-state index contributed by atoms with van der Waals surface area (Å²) in [6, 6.07) is 60.2. The normalized spacial score (nSPS) is 13.7. The van der Waals surface area contributed by atoms with E-state index in [0.29, 0.717) is 5.92 Å². The lowest BCUT2D eigenvalue weighted by Crippen LogP contribution is -2.16. The van der Waals surface area contributed by atoms with Gasteiger partial charge in [-0.1, -0.05) is 153 Å². The Morgan fingerprint density at radius 2 is 1.10 bits per heavy atom. The van der Waals surface area contributed by atoms with Crippen LogP contribution < -0.4 is 0 Å². The lowest BCUT2D eigenvalue weighted by molar-refractivity contribution is 0.614. The zero-order valence-electron chi connectivity index (χ0n) is 28.7. The molecule has 7 aromatic carbocycles. The van der Waals surface area contributed by atoms with E-state index in [1.54, 1.807) is 0 Å². The summed E-state index contributed by atoms with van der Waals surface area (Å²) >= 11 is 0. The van der Waals surface area contributed by atoms with Gasteiger partial charge in [-0.3, -0.25) is 0 Å². The van der Waals surface area contributed by atoms with Gasteiger partial charge < -0.3 is 4.42 Å². The van der Waals surface area contributed by atoms with Gasteiger partial charge >= 0.3 is 0 Å². The van der Waals surface area contributed by atoms with E-state index in [1.807, 2.05) is 12.1 Å². The van der Waals surface area contributed by atoms with Gasteiger partial charge in [0.1, 0.15) is 11.2 Å². The second kappa shape index (κ2) is 12.3. The molecule has 0 aliphatic heterocycles. The van der Waals surface area contributed by atoms with Crippen LogP contribution in [0.3, 0.4) is 0 Å². The summed E-state index contributed by atoms with van der Waals surface area (Å²) in [7, 11) is 0. The Kier molecular flexibility index (Phi) is 7.50. The molecule has 1 aliphatic carbocycles. The van der Waals surface area contributed by atoms with Crippen LogP contribution in [-0.2, 0) is 18.3 Å². The van der Waals surface area contributed by atoms with E-state index in [1.165, 1.54) is 72.0 Å². The fourth-order valence-electron chi connectivity index (χ4n) is 8.26. The third-order valence-electron chi connectivity index (χ3n) is 11.0. The highest BCUT2D eigenvalue weighted by Crippen LogP contribution is 2.50. The van der Waals surface area contributed by atoms with E-state index in [9.17, 15) is 0 Å². The first-order chi connectivity index (χ1) is 24.5. The van der Waals surface area contributed by atoms with Crippen molar-refractivity contribution in [3.8, 4) is 33.4 Å². The molecule has 0 N–H and O–H groups in total. The summed E-state index contributed by atoms with van der Waals surface area (Å²) in [5.41, 5.74) is 16.6. The van der Waals surface area contributed by atoms with Crippen molar-refractivity contribution in [1.82, 2.24) is 0 Å². The molecule has 1 aliphatic rings. The van der Waals surface area contributed by atoms with Gasteiger partial charge in [-0.15, -0.1) is 0 Å². The van der Waals surface area contributed by atoms with Crippen LogP contribution in [0.5, 0.6) is 0 Å². The van der Waals surface area contributed by atoms with Crippen molar-refractivity contribution in [2.45, 2.75) is 44.4 Å². The Labute approximate surface area is 294 Å². The molecular weight excluding hydrogens is 605 g/mol. The number of para-hydroxylation sites is 1. The molecule has 1 unspecified atom stereocenters. The minimum absolute atomic E-state index is 0.0709. The average Bonchev–Trinajstić information content (AvgIpc) is 3.65. The molecule has 8 aromatic rings. The molecule has 0 spiro atoms. The predicted octanol–water partition coefficient (Wildman–Crippen LogP) is 13.2. The number of aryl methyl sites for hydroxylation is 1.